The summed E-state index contributed by atoms with van der Waals surface area (Å²) in [5, 5.41) is 8.19. The van der Waals surface area contributed by atoms with E-state index in [1.54, 1.807) is 0 Å². The standard InChI is InChI=1S/C25H25N3O/c1-28-23(16-25(27-28)20-10-4-2-5-11-20)18-26-17-21-12-8-9-13-22(21)19-29-24-14-6-3-7-15-24/h2-16,26H,17-19H2,1H3. The van der Waals surface area contributed by atoms with Crippen molar-refractivity contribution in [1.29, 1.82) is 0 Å². The zero-order chi connectivity index (χ0) is 19.9. The summed E-state index contributed by atoms with van der Waals surface area (Å²) in [4.78, 5) is 0. The molecule has 0 radical (unpaired) electrons. The molecule has 4 rings (SSSR count). The molecule has 0 unspecified atom stereocenters. The Kier molecular flexibility index (Phi) is 6.03. The third-order valence-corrected chi connectivity index (χ3v) is 4.92. The van der Waals surface area contributed by atoms with Crippen molar-refractivity contribution in [3.8, 4) is 17.0 Å². The minimum Gasteiger partial charge on any atom is -0.489 e. The summed E-state index contributed by atoms with van der Waals surface area (Å²) in [6.07, 6.45) is 0. The maximum Gasteiger partial charge on any atom is 0.119 e. The molecular formula is C25H25N3O. The molecule has 0 saturated carbocycles. The van der Waals surface area contributed by atoms with Crippen LogP contribution in [0.5, 0.6) is 5.75 Å². The van der Waals surface area contributed by atoms with Gasteiger partial charge in [-0.3, -0.25) is 4.68 Å². The van der Waals surface area contributed by atoms with Gasteiger partial charge in [0.05, 0.1) is 11.4 Å². The molecule has 0 aliphatic carbocycles. The second-order valence-corrected chi connectivity index (χ2v) is 6.98. The van der Waals surface area contributed by atoms with Crippen molar-refractivity contribution in [2.75, 3.05) is 0 Å². The zero-order valence-electron chi connectivity index (χ0n) is 16.6. The highest BCUT2D eigenvalue weighted by Crippen LogP contribution is 2.19. The van der Waals surface area contributed by atoms with Gasteiger partial charge in [0.1, 0.15) is 12.4 Å². The molecule has 0 fully saturated rings. The third-order valence-electron chi connectivity index (χ3n) is 4.92. The molecule has 4 heteroatoms. The summed E-state index contributed by atoms with van der Waals surface area (Å²) in [5.41, 5.74) is 5.73. The molecule has 0 bridgehead atoms. The molecule has 0 aliphatic heterocycles. The smallest absolute Gasteiger partial charge is 0.119 e. The van der Waals surface area contributed by atoms with Crippen molar-refractivity contribution in [3.63, 3.8) is 0 Å². The first kappa shape index (κ1) is 19.0. The second kappa shape index (κ2) is 9.22. The fraction of sp³-hybridized carbons (Fsp3) is 0.160. The number of ether oxygens (including phenoxy) is 1. The van der Waals surface area contributed by atoms with E-state index in [1.165, 1.54) is 11.1 Å². The van der Waals surface area contributed by atoms with Crippen LogP contribution in [0.25, 0.3) is 11.3 Å². The molecule has 0 aliphatic rings. The summed E-state index contributed by atoms with van der Waals surface area (Å²) < 4.78 is 7.87. The molecule has 0 saturated heterocycles. The largest absolute Gasteiger partial charge is 0.489 e. The van der Waals surface area contributed by atoms with Crippen LogP contribution in [-0.4, -0.2) is 9.78 Å². The van der Waals surface area contributed by atoms with Gasteiger partial charge in [-0.05, 0) is 29.3 Å². The van der Waals surface area contributed by atoms with Crippen LogP contribution in [0.3, 0.4) is 0 Å². The Bertz CT molecular complexity index is 1040. The molecule has 0 spiro atoms. The van der Waals surface area contributed by atoms with E-state index in [4.69, 9.17) is 4.74 Å². The number of rotatable bonds is 8. The van der Waals surface area contributed by atoms with Gasteiger partial charge in [0.25, 0.3) is 0 Å². The number of nitrogens with zero attached hydrogens (tertiary/aromatic N) is 2. The van der Waals surface area contributed by atoms with Gasteiger partial charge in [-0.15, -0.1) is 0 Å². The topological polar surface area (TPSA) is 39.1 Å². The van der Waals surface area contributed by atoms with E-state index in [0.29, 0.717) is 6.61 Å². The predicted octanol–water partition coefficient (Wildman–Crippen LogP) is 4.96. The fourth-order valence-corrected chi connectivity index (χ4v) is 3.30. The molecule has 1 aromatic heterocycles. The maximum atomic E-state index is 5.93. The lowest BCUT2D eigenvalue weighted by Gasteiger charge is -2.12. The first-order valence-corrected chi connectivity index (χ1v) is 9.83. The number of hydrogen-bond acceptors (Lipinski definition) is 3. The van der Waals surface area contributed by atoms with Gasteiger partial charge in [0, 0.05) is 25.7 Å². The third kappa shape index (κ3) is 4.92. The van der Waals surface area contributed by atoms with E-state index in [9.17, 15) is 0 Å². The van der Waals surface area contributed by atoms with Crippen LogP contribution in [0, 0.1) is 0 Å². The van der Waals surface area contributed by atoms with Gasteiger partial charge < -0.3 is 10.1 Å². The van der Waals surface area contributed by atoms with E-state index < -0.39 is 0 Å². The van der Waals surface area contributed by atoms with Crippen LogP contribution < -0.4 is 10.1 Å². The molecule has 4 aromatic rings. The lowest BCUT2D eigenvalue weighted by atomic mass is 10.1. The van der Waals surface area contributed by atoms with E-state index >= 15 is 0 Å². The van der Waals surface area contributed by atoms with Gasteiger partial charge >= 0.3 is 0 Å². The number of aryl methyl sites for hydroxylation is 1. The van der Waals surface area contributed by atoms with E-state index in [1.807, 2.05) is 60.3 Å². The fourth-order valence-electron chi connectivity index (χ4n) is 3.30. The number of nitrogens with one attached hydrogen (secondary N) is 1. The van der Waals surface area contributed by atoms with Crippen molar-refractivity contribution >= 4 is 0 Å². The predicted molar refractivity (Wildman–Crippen MR) is 116 cm³/mol. The summed E-state index contributed by atoms with van der Waals surface area (Å²) in [5.74, 6) is 0.888. The van der Waals surface area contributed by atoms with E-state index in [2.05, 4.69) is 52.9 Å². The van der Waals surface area contributed by atoms with Gasteiger partial charge in [-0.2, -0.15) is 5.10 Å². The minimum atomic E-state index is 0.561. The van der Waals surface area contributed by atoms with Gasteiger partial charge in [0.15, 0.2) is 0 Å². The van der Waals surface area contributed by atoms with Gasteiger partial charge in [-0.1, -0.05) is 72.8 Å². The molecule has 0 atom stereocenters. The Labute approximate surface area is 171 Å². The average molecular weight is 383 g/mol. The molecule has 0 amide bonds. The van der Waals surface area contributed by atoms with Gasteiger partial charge in [0.2, 0.25) is 0 Å². The quantitative estimate of drug-likeness (QED) is 0.468. The van der Waals surface area contributed by atoms with Crippen molar-refractivity contribution in [3.05, 3.63) is 108 Å². The van der Waals surface area contributed by atoms with Crippen LogP contribution in [0.15, 0.2) is 91.0 Å². The first-order chi connectivity index (χ1) is 14.3. The Morgan fingerprint density at radius 1 is 0.793 bits per heavy atom. The molecule has 1 N–H and O–H groups in total. The monoisotopic (exact) mass is 383 g/mol. The highest BCUT2D eigenvalue weighted by Gasteiger charge is 2.08. The molecule has 1 heterocycles. The summed E-state index contributed by atoms with van der Waals surface area (Å²) in [6, 6.07) is 30.7. The maximum absolute atomic E-state index is 5.93. The Balaban J connectivity index is 1.37. The summed E-state index contributed by atoms with van der Waals surface area (Å²) in [7, 11) is 1.99. The molecular weight excluding hydrogens is 358 g/mol. The molecule has 29 heavy (non-hydrogen) atoms. The van der Waals surface area contributed by atoms with E-state index in [0.717, 1.165) is 35.8 Å². The van der Waals surface area contributed by atoms with Crippen LogP contribution in [0.1, 0.15) is 16.8 Å². The normalized spacial score (nSPS) is 10.8. The Morgan fingerprint density at radius 3 is 2.21 bits per heavy atom. The van der Waals surface area contributed by atoms with Gasteiger partial charge in [-0.25, -0.2) is 0 Å². The molecule has 4 nitrogen and oxygen atoms in total. The second-order valence-electron chi connectivity index (χ2n) is 6.98. The van der Waals surface area contributed by atoms with Crippen molar-refractivity contribution < 1.29 is 4.74 Å². The van der Waals surface area contributed by atoms with Crippen LogP contribution in [0.4, 0.5) is 0 Å². The number of para-hydroxylation sites is 1. The van der Waals surface area contributed by atoms with Crippen molar-refractivity contribution in [2.45, 2.75) is 19.7 Å². The minimum absolute atomic E-state index is 0.561. The lowest BCUT2D eigenvalue weighted by Crippen LogP contribution is -2.16. The van der Waals surface area contributed by atoms with Crippen molar-refractivity contribution in [1.82, 2.24) is 15.1 Å². The Morgan fingerprint density at radius 2 is 1.45 bits per heavy atom. The molecule has 3 aromatic carbocycles. The highest BCUT2D eigenvalue weighted by molar-refractivity contribution is 5.59. The highest BCUT2D eigenvalue weighted by atomic mass is 16.5. The molecule has 146 valence electrons. The Hall–Kier alpha value is -3.37. The van der Waals surface area contributed by atoms with E-state index in [-0.39, 0.29) is 0 Å². The van der Waals surface area contributed by atoms with Crippen LogP contribution in [-0.2, 0) is 26.7 Å². The summed E-state index contributed by atoms with van der Waals surface area (Å²) >= 11 is 0. The van der Waals surface area contributed by atoms with Crippen molar-refractivity contribution in [2.24, 2.45) is 7.05 Å². The number of aromatic nitrogens is 2. The SMILES string of the molecule is Cn1nc(-c2ccccc2)cc1CNCc1ccccc1COc1ccccc1. The first-order valence-electron chi connectivity index (χ1n) is 9.83. The summed E-state index contributed by atoms with van der Waals surface area (Å²) in [6.45, 7) is 2.09. The zero-order valence-corrected chi connectivity index (χ0v) is 16.6. The average Bonchev–Trinajstić information content (AvgIpc) is 3.15. The number of benzene rings is 3. The van der Waals surface area contributed by atoms with Crippen LogP contribution in [0.2, 0.25) is 0 Å². The number of hydrogen-bond donors (Lipinski definition) is 1. The lowest BCUT2D eigenvalue weighted by molar-refractivity contribution is 0.304. The van der Waals surface area contributed by atoms with Crippen LogP contribution >= 0.6 is 0 Å².